The van der Waals surface area contributed by atoms with E-state index in [9.17, 15) is 0 Å². The molecule has 3 heteroatoms. The van der Waals surface area contributed by atoms with Gasteiger partial charge in [-0.25, -0.2) is 0 Å². The van der Waals surface area contributed by atoms with Crippen LogP contribution in [0.4, 0.5) is 0 Å². The van der Waals surface area contributed by atoms with E-state index in [0.717, 1.165) is 18.6 Å². The van der Waals surface area contributed by atoms with Gasteiger partial charge in [0, 0.05) is 11.0 Å². The maximum atomic E-state index is 6.40. The summed E-state index contributed by atoms with van der Waals surface area (Å²) in [6.07, 6.45) is 6.51. The van der Waals surface area contributed by atoms with Crippen molar-refractivity contribution in [3.05, 3.63) is 23.5 Å². The maximum Gasteiger partial charge on any atom is 0.135 e. The van der Waals surface area contributed by atoms with Crippen LogP contribution in [0.3, 0.4) is 0 Å². The van der Waals surface area contributed by atoms with Crippen LogP contribution in [0.5, 0.6) is 0 Å². The van der Waals surface area contributed by atoms with Gasteiger partial charge in [0.05, 0.1) is 11.1 Å². The Morgan fingerprint density at radius 3 is 2.26 bits per heavy atom. The van der Waals surface area contributed by atoms with Crippen LogP contribution >= 0.6 is 0 Å². The Balaban J connectivity index is 2.42. The van der Waals surface area contributed by atoms with Crippen LogP contribution in [0, 0.1) is 16.9 Å². The van der Waals surface area contributed by atoms with Crippen molar-refractivity contribution in [1.82, 2.24) is 5.06 Å². The van der Waals surface area contributed by atoms with E-state index < -0.39 is 8.07 Å². The molecule has 0 bridgehead atoms. The number of rotatable bonds is 1. The van der Waals surface area contributed by atoms with Gasteiger partial charge >= 0.3 is 0 Å². The summed E-state index contributed by atoms with van der Waals surface area (Å²) in [6.45, 7) is 20.4. The second-order valence-corrected chi connectivity index (χ2v) is 14.6. The predicted molar refractivity (Wildman–Crippen MR) is 101 cm³/mol. The zero-order valence-electron chi connectivity index (χ0n) is 16.4. The van der Waals surface area contributed by atoms with Gasteiger partial charge in [-0.05, 0) is 45.8 Å². The molecule has 0 amide bonds. The van der Waals surface area contributed by atoms with Crippen molar-refractivity contribution >= 4 is 8.07 Å². The van der Waals surface area contributed by atoms with E-state index in [1.807, 2.05) is 6.08 Å². The molecular weight excluding hydrogens is 298 g/mol. The molecular formula is C20H33NOSi. The fourth-order valence-corrected chi connectivity index (χ4v) is 3.97. The Morgan fingerprint density at radius 1 is 1.13 bits per heavy atom. The third-order valence-corrected chi connectivity index (χ3v) is 5.59. The average Bonchev–Trinajstić information content (AvgIpc) is 2.77. The molecule has 23 heavy (non-hydrogen) atoms. The molecule has 2 nitrogen and oxygen atoms in total. The fourth-order valence-electron chi connectivity index (χ4n) is 3.45. The van der Waals surface area contributed by atoms with Crippen molar-refractivity contribution < 1.29 is 4.84 Å². The lowest BCUT2D eigenvalue weighted by atomic mass is 9.82. The molecule has 0 aromatic rings. The molecule has 128 valence electrons. The van der Waals surface area contributed by atoms with Crippen molar-refractivity contribution in [1.29, 1.82) is 0 Å². The Morgan fingerprint density at radius 2 is 1.74 bits per heavy atom. The van der Waals surface area contributed by atoms with Gasteiger partial charge in [-0.2, -0.15) is 0 Å². The first-order chi connectivity index (χ1) is 10.3. The van der Waals surface area contributed by atoms with E-state index in [4.69, 9.17) is 4.84 Å². The van der Waals surface area contributed by atoms with Crippen molar-refractivity contribution in [3.63, 3.8) is 0 Å². The van der Waals surface area contributed by atoms with Gasteiger partial charge < -0.3 is 4.84 Å². The lowest BCUT2D eigenvalue weighted by molar-refractivity contribution is -0.191. The van der Waals surface area contributed by atoms with Crippen LogP contribution in [0.15, 0.2) is 23.5 Å². The first-order valence-electron chi connectivity index (χ1n) is 8.70. The molecule has 0 saturated carbocycles. The van der Waals surface area contributed by atoms with E-state index >= 15 is 0 Å². The zero-order valence-corrected chi connectivity index (χ0v) is 17.4. The highest BCUT2D eigenvalue weighted by atomic mass is 28.3. The smallest absolute Gasteiger partial charge is 0.135 e. The number of nitrogens with zero attached hydrogens (tertiary/aromatic N) is 1. The van der Waals surface area contributed by atoms with Gasteiger partial charge in [0.1, 0.15) is 13.8 Å². The highest BCUT2D eigenvalue weighted by molar-refractivity contribution is 6.83. The molecule has 1 atom stereocenters. The van der Waals surface area contributed by atoms with Crippen LogP contribution in [-0.2, 0) is 4.84 Å². The Bertz CT molecular complexity index is 604. The molecule has 0 spiro atoms. The highest BCUT2D eigenvalue weighted by Gasteiger charge is 2.57. The molecule has 0 aromatic heterocycles. The van der Waals surface area contributed by atoms with Gasteiger partial charge in [0.2, 0.25) is 0 Å². The first kappa shape index (κ1) is 18.4. The van der Waals surface area contributed by atoms with Crippen molar-refractivity contribution in [2.24, 2.45) is 5.41 Å². The van der Waals surface area contributed by atoms with Gasteiger partial charge in [0.15, 0.2) is 0 Å². The largest absolute Gasteiger partial charge is 0.408 e. The summed E-state index contributed by atoms with van der Waals surface area (Å²) in [7, 11) is -1.33. The second kappa shape index (κ2) is 5.53. The minimum Gasteiger partial charge on any atom is -0.408 e. The molecule has 1 saturated heterocycles. The summed E-state index contributed by atoms with van der Waals surface area (Å²) in [4.78, 5) is 6.40. The predicted octanol–water partition coefficient (Wildman–Crippen LogP) is 5.30. The molecule has 0 radical (unpaired) electrons. The fraction of sp³-hybridized carbons (Fsp3) is 0.700. The number of hydroxylamine groups is 2. The topological polar surface area (TPSA) is 12.5 Å². The van der Waals surface area contributed by atoms with Gasteiger partial charge in [-0.3, -0.25) is 0 Å². The van der Waals surface area contributed by atoms with Gasteiger partial charge in [-0.15, -0.1) is 10.6 Å². The standard InChI is InChI=1S/C20H33NOSi/c1-18(2,3)17-16(12-10-11-15-23(7,8)9)20(6)14-13-19(4,5)21(20)22-17/h10,12H,13-14H2,1-9H3/b12-10-. The average molecular weight is 332 g/mol. The third kappa shape index (κ3) is 3.59. The Labute approximate surface area is 143 Å². The van der Waals surface area contributed by atoms with Crippen LogP contribution in [0.1, 0.15) is 54.4 Å². The second-order valence-electron chi connectivity index (χ2n) is 9.82. The molecule has 2 aliphatic rings. The SMILES string of the molecule is CC(C)(C)C1=C(/C=C\C#C[Si](C)(C)C)C2(C)CCC(C)(C)N2O1. The first-order valence-corrected chi connectivity index (χ1v) is 12.2. The summed E-state index contributed by atoms with van der Waals surface area (Å²) in [5, 5.41) is 2.23. The lowest BCUT2D eigenvalue weighted by Crippen LogP contribution is -2.46. The minimum absolute atomic E-state index is 0.00465. The minimum atomic E-state index is -1.33. The van der Waals surface area contributed by atoms with Crippen molar-refractivity contribution in [3.8, 4) is 11.5 Å². The zero-order chi connectivity index (χ0) is 17.7. The maximum absolute atomic E-state index is 6.40. The van der Waals surface area contributed by atoms with E-state index in [1.54, 1.807) is 0 Å². The molecule has 2 rings (SSSR count). The summed E-state index contributed by atoms with van der Waals surface area (Å²) < 4.78 is 0. The van der Waals surface area contributed by atoms with E-state index in [1.165, 1.54) is 5.57 Å². The number of hydrogen-bond donors (Lipinski definition) is 0. The normalized spacial score (nSPS) is 27.9. The lowest BCUT2D eigenvalue weighted by Gasteiger charge is -2.35. The number of fused-ring (bicyclic) bond motifs is 1. The summed E-state index contributed by atoms with van der Waals surface area (Å²) in [6, 6.07) is 0. The monoisotopic (exact) mass is 331 g/mol. The van der Waals surface area contributed by atoms with E-state index in [-0.39, 0.29) is 16.5 Å². The molecule has 1 unspecified atom stereocenters. The van der Waals surface area contributed by atoms with Gasteiger partial charge in [-0.1, -0.05) is 46.3 Å². The van der Waals surface area contributed by atoms with Crippen molar-refractivity contribution in [2.75, 3.05) is 0 Å². The van der Waals surface area contributed by atoms with E-state index in [2.05, 4.69) is 83.8 Å². The molecule has 0 N–H and O–H groups in total. The van der Waals surface area contributed by atoms with Crippen LogP contribution in [-0.4, -0.2) is 24.2 Å². The number of allylic oxidation sites excluding steroid dienone is 2. The van der Waals surface area contributed by atoms with Crippen LogP contribution in [0.25, 0.3) is 0 Å². The van der Waals surface area contributed by atoms with Crippen LogP contribution in [0.2, 0.25) is 19.6 Å². The molecule has 0 aromatic carbocycles. The van der Waals surface area contributed by atoms with Crippen LogP contribution < -0.4 is 0 Å². The highest BCUT2D eigenvalue weighted by Crippen LogP contribution is 2.54. The third-order valence-electron chi connectivity index (χ3n) is 4.69. The molecule has 1 fully saturated rings. The quantitative estimate of drug-likeness (QED) is 0.477. The number of hydrogen-bond acceptors (Lipinski definition) is 2. The Kier molecular flexibility index (Phi) is 4.41. The summed E-state index contributed by atoms with van der Waals surface area (Å²) in [5.74, 6) is 4.36. The Hall–Kier alpha value is -0.983. The molecule has 2 heterocycles. The van der Waals surface area contributed by atoms with Crippen molar-refractivity contribution in [2.45, 2.75) is 85.1 Å². The van der Waals surface area contributed by atoms with E-state index in [0.29, 0.717) is 0 Å². The molecule has 2 aliphatic heterocycles. The van der Waals surface area contributed by atoms with Gasteiger partial charge in [0.25, 0.3) is 0 Å². The summed E-state index contributed by atoms with van der Waals surface area (Å²) in [5.41, 5.74) is 4.75. The molecule has 0 aliphatic carbocycles. The summed E-state index contributed by atoms with van der Waals surface area (Å²) >= 11 is 0.